The van der Waals surface area contributed by atoms with Crippen LogP contribution >= 0.6 is 0 Å². The summed E-state index contributed by atoms with van der Waals surface area (Å²) < 4.78 is 20.3. The molecule has 0 aromatic heterocycles. The Kier molecular flexibility index (Phi) is 34.2. The zero-order chi connectivity index (χ0) is 38.1. The summed E-state index contributed by atoms with van der Waals surface area (Å²) in [5.74, 6) is -0.913. The minimum atomic E-state index is -4.41. The van der Waals surface area contributed by atoms with Crippen LogP contribution in [-0.2, 0) is 20.5 Å². The molecule has 0 unspecified atom stereocenters. The third-order valence-corrected chi connectivity index (χ3v) is 45.5. The van der Waals surface area contributed by atoms with E-state index in [-0.39, 0.29) is 12.8 Å². The molecule has 0 spiro atoms. The van der Waals surface area contributed by atoms with Gasteiger partial charge >= 0.3 is 300 Å². The number of unbranched alkanes of at least 4 members (excludes halogenated alkanes) is 20. The average molecular weight is 937 g/mol. The molecule has 0 aromatic rings. The molecule has 0 rings (SSSR count). The number of carbonyl (C=O) groups is 4. The van der Waals surface area contributed by atoms with Crippen molar-refractivity contribution in [2.24, 2.45) is 0 Å². The Balaban J connectivity index is 5.80. The maximum atomic E-state index is 14.3. The quantitative estimate of drug-likeness (QED) is 0.0267. The Morgan fingerprint density at radius 1 is 0.333 bits per heavy atom. The van der Waals surface area contributed by atoms with Crippen LogP contribution in [0, 0.1) is 0 Å². The number of hydrogen-bond donors (Lipinski definition) is 0. The fraction of sp³-hybridized carbons (Fsp3) is 0.905. The van der Waals surface area contributed by atoms with E-state index in [2.05, 4.69) is 41.5 Å². The number of carbonyl (C=O) groups excluding carboxylic acids is 4. The summed E-state index contributed by atoms with van der Waals surface area (Å²) >= 11 is -8.82. The van der Waals surface area contributed by atoms with Gasteiger partial charge in [-0.05, 0) is 0 Å². The van der Waals surface area contributed by atoms with Crippen molar-refractivity contribution >= 4 is 57.5 Å². The minimum absolute atomic E-state index is 0.237. The summed E-state index contributed by atoms with van der Waals surface area (Å²) in [6.07, 6.45) is 27.9. The summed E-state index contributed by atoms with van der Waals surface area (Å²) in [6, 6.07) is 0. The van der Waals surface area contributed by atoms with E-state index < -0.39 is 57.5 Å². The van der Waals surface area contributed by atoms with Crippen LogP contribution in [0.3, 0.4) is 0 Å². The molecular weight excluding hydrogens is 854 g/mol. The van der Waals surface area contributed by atoms with Crippen LogP contribution in [0.4, 0.5) is 9.59 Å². The van der Waals surface area contributed by atoms with Crippen LogP contribution in [0.2, 0.25) is 17.7 Å². The Morgan fingerprint density at radius 3 is 0.824 bits per heavy atom. The summed E-state index contributed by atoms with van der Waals surface area (Å²) in [7, 11) is 0. The van der Waals surface area contributed by atoms with Gasteiger partial charge in [-0.3, -0.25) is 0 Å². The molecular formula is C42H82O7Sn2. The Morgan fingerprint density at radius 2 is 0.569 bits per heavy atom. The summed E-state index contributed by atoms with van der Waals surface area (Å²) in [5.41, 5.74) is 0. The third-order valence-electron chi connectivity index (χ3n) is 10.3. The third kappa shape index (κ3) is 24.8. The molecule has 0 saturated carbocycles. The van der Waals surface area contributed by atoms with Crippen molar-refractivity contribution in [2.45, 2.75) is 239 Å². The van der Waals surface area contributed by atoms with Crippen molar-refractivity contribution < 1.29 is 30.1 Å². The van der Waals surface area contributed by atoms with Crippen LogP contribution in [0.1, 0.15) is 221 Å². The standard InChI is InChI=1S/2C13H23O3.4C4H9.O.2Sn/c2*1-2-3-4-5-6-7-8-9-10-11-13(15)16-12-14;4*1-3-4-2;;;/h2*2-11H2,1H3;4*1,3-4H2,2H3;;;. The Hall–Kier alpha value is -0.163. The van der Waals surface area contributed by atoms with Gasteiger partial charge in [0.2, 0.25) is 0 Å². The number of rotatable bonds is 36. The van der Waals surface area contributed by atoms with Gasteiger partial charge in [0.1, 0.15) is 0 Å². The first-order chi connectivity index (χ1) is 24.7. The second kappa shape index (κ2) is 34.3. The molecule has 0 fully saturated rings. The van der Waals surface area contributed by atoms with Crippen LogP contribution in [0.25, 0.3) is 0 Å². The van der Waals surface area contributed by atoms with Gasteiger partial charge in [0.25, 0.3) is 0 Å². The van der Waals surface area contributed by atoms with Crippen molar-refractivity contribution in [1.29, 1.82) is 0 Å². The van der Waals surface area contributed by atoms with Gasteiger partial charge in [0, 0.05) is 0 Å². The van der Waals surface area contributed by atoms with E-state index in [4.69, 9.17) is 10.9 Å². The van der Waals surface area contributed by atoms with E-state index in [1.54, 1.807) is 0 Å². The van der Waals surface area contributed by atoms with Gasteiger partial charge in [-0.1, -0.05) is 26.7 Å². The monoisotopic (exact) mass is 938 g/mol. The van der Waals surface area contributed by atoms with E-state index in [0.29, 0.717) is 17.7 Å². The van der Waals surface area contributed by atoms with Crippen molar-refractivity contribution in [3.8, 4) is 0 Å². The summed E-state index contributed by atoms with van der Waals surface area (Å²) in [5, 5.41) is 0. The molecule has 0 aromatic carbocycles. The van der Waals surface area contributed by atoms with Gasteiger partial charge in [-0.25, -0.2) is 0 Å². The molecule has 0 heterocycles. The molecule has 0 N–H and O–H groups in total. The molecule has 0 aliphatic carbocycles. The number of hydrogen-bond acceptors (Lipinski definition) is 7. The van der Waals surface area contributed by atoms with Gasteiger partial charge in [-0.2, -0.15) is 0 Å². The fourth-order valence-electron chi connectivity index (χ4n) is 6.82. The molecule has 300 valence electrons. The molecule has 0 aliphatic rings. The van der Waals surface area contributed by atoms with Gasteiger partial charge < -0.3 is 0 Å². The zero-order valence-electron chi connectivity index (χ0n) is 34.5. The van der Waals surface area contributed by atoms with E-state index in [1.165, 1.54) is 77.0 Å². The van der Waals surface area contributed by atoms with E-state index in [0.717, 1.165) is 89.9 Å². The number of ether oxygens (including phenoxy) is 2. The molecule has 7 nitrogen and oxygen atoms in total. The molecule has 0 amide bonds. The van der Waals surface area contributed by atoms with E-state index in [9.17, 15) is 19.2 Å². The Labute approximate surface area is 324 Å². The topological polar surface area (TPSA) is 96.0 Å². The Bertz CT molecular complexity index is 808. The van der Waals surface area contributed by atoms with Crippen LogP contribution in [-0.4, -0.2) is 57.5 Å². The van der Waals surface area contributed by atoms with Gasteiger partial charge in [-0.15, -0.1) is 0 Å². The van der Waals surface area contributed by atoms with Gasteiger partial charge in [0.05, 0.1) is 0 Å². The van der Waals surface area contributed by atoms with Crippen molar-refractivity contribution in [3.63, 3.8) is 0 Å². The van der Waals surface area contributed by atoms with Gasteiger partial charge in [0.15, 0.2) is 0 Å². The molecule has 0 saturated heterocycles. The zero-order valence-corrected chi connectivity index (χ0v) is 40.2. The molecule has 51 heavy (non-hydrogen) atoms. The predicted octanol–water partition coefficient (Wildman–Crippen LogP) is 14.4. The second-order valence-electron chi connectivity index (χ2n) is 15.2. The molecule has 9 heteroatoms. The fourth-order valence-corrected chi connectivity index (χ4v) is 52.0. The summed E-state index contributed by atoms with van der Waals surface area (Å²) in [4.78, 5) is 54.7. The minimum Gasteiger partial charge on any atom is -0.0654 e. The van der Waals surface area contributed by atoms with Crippen molar-refractivity contribution in [3.05, 3.63) is 0 Å². The second-order valence-corrected chi connectivity index (χ2v) is 39.1. The van der Waals surface area contributed by atoms with Crippen molar-refractivity contribution in [1.82, 2.24) is 0 Å². The smallest absolute Gasteiger partial charge is 0.0654 e. The maximum absolute atomic E-state index is 14.3. The van der Waals surface area contributed by atoms with Crippen LogP contribution in [0.15, 0.2) is 0 Å². The number of esters is 2. The molecule has 0 bridgehead atoms. The summed E-state index contributed by atoms with van der Waals surface area (Å²) in [6.45, 7) is 12.8. The van der Waals surface area contributed by atoms with Crippen LogP contribution < -0.4 is 0 Å². The first-order valence-corrected chi connectivity index (χ1v) is 35.2. The molecule has 0 aliphatic heterocycles. The van der Waals surface area contributed by atoms with Crippen LogP contribution in [0.5, 0.6) is 0 Å². The normalized spacial score (nSPS) is 11.9. The van der Waals surface area contributed by atoms with E-state index in [1.807, 2.05) is 0 Å². The predicted molar refractivity (Wildman–Crippen MR) is 218 cm³/mol. The first-order valence-electron chi connectivity index (χ1n) is 21.9. The van der Waals surface area contributed by atoms with Crippen molar-refractivity contribution in [2.75, 3.05) is 0 Å². The molecule has 0 radical (unpaired) electrons. The molecule has 0 atom stereocenters. The average Bonchev–Trinajstić information content (AvgIpc) is 3.12. The first kappa shape index (κ1) is 50.8. The van der Waals surface area contributed by atoms with E-state index >= 15 is 0 Å². The SMILES string of the molecule is CCCCCCCCCCCC(=O)O[C](=O)[Sn]([CH2]CCC)([CH2]CCC)[O][Sn]([CH2]CCC)([CH2]CCC)[C](=O)OC(=O)CCCCCCCCCCC.